The molecule has 1 heterocycles. The molecule has 1 N–H and O–H groups in total. The highest BCUT2D eigenvalue weighted by Gasteiger charge is 2.07. The summed E-state index contributed by atoms with van der Waals surface area (Å²) in [5, 5.41) is 10.3. The van der Waals surface area contributed by atoms with E-state index in [4.69, 9.17) is 9.15 Å². The van der Waals surface area contributed by atoms with Gasteiger partial charge in [0, 0.05) is 9.13 Å². The predicted molar refractivity (Wildman–Crippen MR) is 93.0 cm³/mol. The molecule has 0 aliphatic heterocycles. The van der Waals surface area contributed by atoms with Gasteiger partial charge in [-0.1, -0.05) is 12.1 Å². The summed E-state index contributed by atoms with van der Waals surface area (Å²) in [7, 11) is 0. The van der Waals surface area contributed by atoms with Crippen molar-refractivity contribution in [1.29, 1.82) is 0 Å². The second kappa shape index (κ2) is 7.23. The smallest absolute Gasteiger partial charge is 0.262 e. The third-order valence-corrected chi connectivity index (χ3v) is 3.92. The van der Waals surface area contributed by atoms with Crippen molar-refractivity contribution in [2.24, 2.45) is 0 Å². The monoisotopic (exact) mass is 421 g/mol. The van der Waals surface area contributed by atoms with E-state index in [-0.39, 0.29) is 12.5 Å². The van der Waals surface area contributed by atoms with Crippen LogP contribution in [-0.4, -0.2) is 22.7 Å². The minimum absolute atomic E-state index is 0.0646. The van der Waals surface area contributed by atoms with Crippen LogP contribution in [-0.2, 0) is 4.79 Å². The van der Waals surface area contributed by atoms with E-state index in [0.717, 1.165) is 14.8 Å². The van der Waals surface area contributed by atoms with Gasteiger partial charge in [0.25, 0.3) is 5.91 Å². The summed E-state index contributed by atoms with van der Waals surface area (Å²) in [5.74, 6) is 0.814. The highest BCUT2D eigenvalue weighted by atomic mass is 127. The number of nitrogens with one attached hydrogen (secondary N) is 1. The molecule has 23 heavy (non-hydrogen) atoms. The Morgan fingerprint density at radius 1 is 1.17 bits per heavy atom. The zero-order valence-corrected chi connectivity index (χ0v) is 14.1. The van der Waals surface area contributed by atoms with E-state index in [0.29, 0.717) is 11.6 Å². The number of hydrogen-bond acceptors (Lipinski definition) is 5. The number of nitrogens with zero attached hydrogens (tertiary/aromatic N) is 2. The van der Waals surface area contributed by atoms with Gasteiger partial charge in [-0.25, -0.2) is 0 Å². The van der Waals surface area contributed by atoms with Crippen molar-refractivity contribution < 1.29 is 13.9 Å². The maximum Gasteiger partial charge on any atom is 0.262 e. The molecule has 116 valence electrons. The van der Waals surface area contributed by atoms with Crippen molar-refractivity contribution in [1.82, 2.24) is 10.2 Å². The lowest BCUT2D eigenvalue weighted by Crippen LogP contribution is -2.20. The molecule has 0 atom stereocenters. The first-order valence-electron chi connectivity index (χ1n) is 6.76. The molecule has 0 aliphatic carbocycles. The third-order valence-electron chi connectivity index (χ3n) is 2.98. The largest absolute Gasteiger partial charge is 0.484 e. The SMILES string of the molecule is O=C(COc1ccc(-c2nnco2)cc1)Nc1ccccc1I. The molecular formula is C16H12IN3O3. The molecule has 1 amide bonds. The molecule has 0 bridgehead atoms. The number of halogens is 1. The minimum atomic E-state index is -0.213. The van der Waals surface area contributed by atoms with Crippen molar-refractivity contribution in [2.45, 2.75) is 0 Å². The lowest BCUT2D eigenvalue weighted by Gasteiger charge is -2.09. The van der Waals surface area contributed by atoms with Crippen LogP contribution >= 0.6 is 22.6 Å². The number of ether oxygens (including phenoxy) is 1. The van der Waals surface area contributed by atoms with Gasteiger partial charge >= 0.3 is 0 Å². The minimum Gasteiger partial charge on any atom is -0.484 e. The zero-order chi connectivity index (χ0) is 16.1. The van der Waals surface area contributed by atoms with E-state index in [1.165, 1.54) is 6.39 Å². The molecule has 0 saturated carbocycles. The van der Waals surface area contributed by atoms with Crippen molar-refractivity contribution in [3.05, 3.63) is 58.5 Å². The first-order valence-corrected chi connectivity index (χ1v) is 7.84. The Bertz CT molecular complexity index is 789. The fourth-order valence-corrected chi connectivity index (χ4v) is 2.41. The Hall–Kier alpha value is -2.42. The highest BCUT2D eigenvalue weighted by molar-refractivity contribution is 14.1. The molecule has 0 fully saturated rings. The Morgan fingerprint density at radius 3 is 2.65 bits per heavy atom. The van der Waals surface area contributed by atoms with Gasteiger partial charge in [0.2, 0.25) is 12.3 Å². The molecule has 3 rings (SSSR count). The molecule has 2 aromatic carbocycles. The molecule has 0 saturated heterocycles. The van der Waals surface area contributed by atoms with Crippen molar-refractivity contribution >= 4 is 34.2 Å². The second-order valence-electron chi connectivity index (χ2n) is 4.58. The number of amides is 1. The van der Waals surface area contributed by atoms with Crippen molar-refractivity contribution in [3.63, 3.8) is 0 Å². The molecule has 0 spiro atoms. The van der Waals surface area contributed by atoms with Crippen LogP contribution in [0.4, 0.5) is 5.69 Å². The molecule has 0 unspecified atom stereocenters. The van der Waals surface area contributed by atoms with Crippen LogP contribution in [0.2, 0.25) is 0 Å². The van der Waals surface area contributed by atoms with Gasteiger partial charge in [0.1, 0.15) is 5.75 Å². The summed E-state index contributed by atoms with van der Waals surface area (Å²) in [4.78, 5) is 11.9. The standard InChI is InChI=1S/C16H12IN3O3/c17-13-3-1-2-4-14(13)19-15(21)9-22-12-7-5-11(6-8-12)16-20-18-10-23-16/h1-8,10H,9H2,(H,19,21). The van der Waals surface area contributed by atoms with Crippen LogP contribution in [0, 0.1) is 3.57 Å². The van der Waals surface area contributed by atoms with Crippen molar-refractivity contribution in [2.75, 3.05) is 11.9 Å². The number of aromatic nitrogens is 2. The van der Waals surface area contributed by atoms with Crippen LogP contribution < -0.4 is 10.1 Å². The van der Waals surface area contributed by atoms with Gasteiger partial charge in [0.15, 0.2) is 6.61 Å². The Labute approximate surface area is 146 Å². The van der Waals surface area contributed by atoms with E-state index in [1.807, 2.05) is 24.3 Å². The van der Waals surface area contributed by atoms with Gasteiger partial charge in [-0.2, -0.15) is 0 Å². The molecule has 0 radical (unpaired) electrons. The summed E-state index contributed by atoms with van der Waals surface area (Å²) in [5.41, 5.74) is 1.56. The van der Waals surface area contributed by atoms with E-state index in [9.17, 15) is 4.79 Å². The molecule has 1 aromatic heterocycles. The number of benzene rings is 2. The quantitative estimate of drug-likeness (QED) is 0.640. The topological polar surface area (TPSA) is 77.2 Å². The average Bonchev–Trinajstić information content (AvgIpc) is 3.10. The Morgan fingerprint density at radius 2 is 1.96 bits per heavy atom. The number of hydrogen-bond donors (Lipinski definition) is 1. The average molecular weight is 421 g/mol. The lowest BCUT2D eigenvalue weighted by molar-refractivity contribution is -0.118. The summed E-state index contributed by atoms with van der Waals surface area (Å²) < 4.78 is 11.6. The fraction of sp³-hybridized carbons (Fsp3) is 0.0625. The van der Waals surface area contributed by atoms with Gasteiger partial charge in [-0.3, -0.25) is 4.79 Å². The first kappa shape index (κ1) is 15.5. The van der Waals surface area contributed by atoms with Gasteiger partial charge in [-0.15, -0.1) is 10.2 Å². The van der Waals surface area contributed by atoms with Crippen molar-refractivity contribution in [3.8, 4) is 17.2 Å². The lowest BCUT2D eigenvalue weighted by atomic mass is 10.2. The Balaban J connectivity index is 1.56. The van der Waals surface area contributed by atoms with Crippen LogP contribution in [0.5, 0.6) is 5.75 Å². The fourth-order valence-electron chi connectivity index (χ4n) is 1.89. The second-order valence-corrected chi connectivity index (χ2v) is 5.75. The van der Waals surface area contributed by atoms with Crippen LogP contribution in [0.25, 0.3) is 11.5 Å². The number of rotatable bonds is 5. The summed E-state index contributed by atoms with van der Waals surface area (Å²) >= 11 is 2.17. The third kappa shape index (κ3) is 4.07. The normalized spacial score (nSPS) is 10.3. The van der Waals surface area contributed by atoms with Gasteiger partial charge in [-0.05, 0) is 59.0 Å². The number of carbonyl (C=O) groups excluding carboxylic acids is 1. The van der Waals surface area contributed by atoms with E-state index in [1.54, 1.807) is 24.3 Å². The molecular weight excluding hydrogens is 409 g/mol. The maximum atomic E-state index is 11.9. The van der Waals surface area contributed by atoms with Crippen LogP contribution in [0.1, 0.15) is 0 Å². The summed E-state index contributed by atoms with van der Waals surface area (Å²) in [6, 6.07) is 14.6. The van der Waals surface area contributed by atoms with Crippen LogP contribution in [0.15, 0.2) is 59.3 Å². The van der Waals surface area contributed by atoms with E-state index < -0.39 is 0 Å². The summed E-state index contributed by atoms with van der Waals surface area (Å²) in [6.45, 7) is -0.0646. The number of anilines is 1. The maximum absolute atomic E-state index is 11.9. The van der Waals surface area contributed by atoms with Crippen LogP contribution in [0.3, 0.4) is 0 Å². The predicted octanol–water partition coefficient (Wildman–Crippen LogP) is 3.36. The number of para-hydroxylation sites is 1. The highest BCUT2D eigenvalue weighted by Crippen LogP contribution is 2.20. The summed E-state index contributed by atoms with van der Waals surface area (Å²) in [6.07, 6.45) is 1.27. The van der Waals surface area contributed by atoms with Gasteiger partial charge in [0.05, 0.1) is 5.69 Å². The molecule has 7 heteroatoms. The zero-order valence-electron chi connectivity index (χ0n) is 11.9. The number of carbonyl (C=O) groups is 1. The first-order chi connectivity index (χ1) is 11.2. The molecule has 6 nitrogen and oxygen atoms in total. The Kier molecular flexibility index (Phi) is 4.86. The molecule has 0 aliphatic rings. The molecule has 3 aromatic rings. The van der Waals surface area contributed by atoms with E-state index >= 15 is 0 Å². The van der Waals surface area contributed by atoms with E-state index in [2.05, 4.69) is 38.1 Å². The van der Waals surface area contributed by atoms with Gasteiger partial charge < -0.3 is 14.5 Å².